The van der Waals surface area contributed by atoms with Crippen molar-refractivity contribution in [1.82, 2.24) is 15.6 Å². The number of fused-ring (bicyclic) bond motifs is 1. The molecule has 0 spiro atoms. The van der Waals surface area contributed by atoms with Crippen molar-refractivity contribution < 1.29 is 4.74 Å². The molecular weight excluding hydrogens is 272 g/mol. The van der Waals surface area contributed by atoms with Gasteiger partial charge in [0.2, 0.25) is 0 Å². The Kier molecular flexibility index (Phi) is 4.65. The summed E-state index contributed by atoms with van der Waals surface area (Å²) in [6, 6.07) is 0. The van der Waals surface area contributed by atoms with Crippen molar-refractivity contribution in [2.45, 2.75) is 12.8 Å². The monoisotopic (exact) mass is 294 g/mol. The Bertz CT molecular complexity index is 417. The van der Waals surface area contributed by atoms with E-state index in [1.165, 1.54) is 5.71 Å². The summed E-state index contributed by atoms with van der Waals surface area (Å²) in [4.78, 5) is 2.38. The van der Waals surface area contributed by atoms with Gasteiger partial charge < -0.3 is 10.1 Å². The standard InChI is InChI=1S/C14H22N4OS/c20-14(15-4-5-18-6-8-19-9-7-18)17-16-13-10-11-2-1-3-12(11)13/h1-2,11-12H,3-10H2,(H2,15,17,20)/b16-13-/t11-,12+/m0/s1. The zero-order valence-corrected chi connectivity index (χ0v) is 12.5. The molecule has 110 valence electrons. The Morgan fingerprint density at radius 3 is 3.10 bits per heavy atom. The highest BCUT2D eigenvalue weighted by molar-refractivity contribution is 7.80. The summed E-state index contributed by atoms with van der Waals surface area (Å²) in [5, 5.41) is 8.26. The quantitative estimate of drug-likeness (QED) is 0.455. The number of rotatable bonds is 4. The summed E-state index contributed by atoms with van der Waals surface area (Å²) in [6.45, 7) is 5.56. The Morgan fingerprint density at radius 2 is 2.30 bits per heavy atom. The van der Waals surface area contributed by atoms with Crippen LogP contribution in [0.4, 0.5) is 0 Å². The maximum absolute atomic E-state index is 5.32. The topological polar surface area (TPSA) is 48.9 Å². The van der Waals surface area contributed by atoms with Crippen molar-refractivity contribution in [1.29, 1.82) is 0 Å². The Morgan fingerprint density at radius 1 is 1.45 bits per heavy atom. The molecule has 2 aliphatic carbocycles. The average Bonchev–Trinajstić information content (AvgIpc) is 2.82. The van der Waals surface area contributed by atoms with Crippen molar-refractivity contribution in [2.24, 2.45) is 16.9 Å². The zero-order valence-electron chi connectivity index (χ0n) is 11.7. The number of hydrogen-bond donors (Lipinski definition) is 2. The first-order chi connectivity index (χ1) is 9.83. The fourth-order valence-electron chi connectivity index (χ4n) is 2.98. The predicted octanol–water partition coefficient (Wildman–Crippen LogP) is 0.735. The van der Waals surface area contributed by atoms with Gasteiger partial charge in [-0.05, 0) is 31.0 Å². The minimum absolute atomic E-state index is 0.625. The zero-order chi connectivity index (χ0) is 13.8. The molecule has 1 heterocycles. The van der Waals surface area contributed by atoms with E-state index >= 15 is 0 Å². The normalized spacial score (nSPS) is 30.9. The van der Waals surface area contributed by atoms with Crippen LogP contribution in [0.25, 0.3) is 0 Å². The molecule has 2 atom stereocenters. The molecule has 0 radical (unpaired) electrons. The Labute approximate surface area is 125 Å². The molecule has 20 heavy (non-hydrogen) atoms. The Balaban J connectivity index is 1.30. The second-order valence-electron chi connectivity index (χ2n) is 5.56. The summed E-state index contributed by atoms with van der Waals surface area (Å²) in [6.07, 6.45) is 6.80. The number of ether oxygens (including phenoxy) is 1. The van der Waals surface area contributed by atoms with Crippen LogP contribution in [0, 0.1) is 11.8 Å². The van der Waals surface area contributed by atoms with E-state index in [9.17, 15) is 0 Å². The van der Waals surface area contributed by atoms with E-state index < -0.39 is 0 Å². The number of allylic oxidation sites excluding steroid dienone is 2. The predicted molar refractivity (Wildman–Crippen MR) is 83.8 cm³/mol. The number of hydrazone groups is 1. The third kappa shape index (κ3) is 3.37. The molecule has 2 fully saturated rings. The highest BCUT2D eigenvalue weighted by Crippen LogP contribution is 2.39. The van der Waals surface area contributed by atoms with Crippen LogP contribution in [-0.2, 0) is 4.74 Å². The molecule has 0 aromatic rings. The molecule has 1 aliphatic heterocycles. The van der Waals surface area contributed by atoms with Crippen LogP contribution in [0.15, 0.2) is 17.3 Å². The molecule has 0 amide bonds. The summed E-state index contributed by atoms with van der Waals surface area (Å²) < 4.78 is 5.32. The van der Waals surface area contributed by atoms with Crippen molar-refractivity contribution in [3.8, 4) is 0 Å². The van der Waals surface area contributed by atoms with Gasteiger partial charge in [-0.15, -0.1) is 0 Å². The number of hydrogen-bond acceptors (Lipinski definition) is 4. The molecular formula is C14H22N4OS. The maximum Gasteiger partial charge on any atom is 0.186 e. The largest absolute Gasteiger partial charge is 0.379 e. The van der Waals surface area contributed by atoms with Crippen molar-refractivity contribution in [2.75, 3.05) is 39.4 Å². The van der Waals surface area contributed by atoms with Crippen LogP contribution in [0.5, 0.6) is 0 Å². The van der Waals surface area contributed by atoms with E-state index in [1.807, 2.05) is 0 Å². The lowest BCUT2D eigenvalue weighted by atomic mass is 9.74. The van der Waals surface area contributed by atoms with Gasteiger partial charge in [-0.2, -0.15) is 5.10 Å². The lowest BCUT2D eigenvalue weighted by Gasteiger charge is -2.32. The lowest BCUT2D eigenvalue weighted by Crippen LogP contribution is -2.43. The average molecular weight is 294 g/mol. The minimum atomic E-state index is 0.625. The van der Waals surface area contributed by atoms with Gasteiger partial charge in [0.15, 0.2) is 5.11 Å². The van der Waals surface area contributed by atoms with Gasteiger partial charge >= 0.3 is 0 Å². The number of nitrogens with one attached hydrogen (secondary N) is 2. The molecule has 0 aromatic heterocycles. The fraction of sp³-hybridized carbons (Fsp3) is 0.714. The highest BCUT2D eigenvalue weighted by Gasteiger charge is 2.37. The van der Waals surface area contributed by atoms with Gasteiger partial charge in [0.05, 0.1) is 13.2 Å². The minimum Gasteiger partial charge on any atom is -0.379 e. The van der Waals surface area contributed by atoms with Gasteiger partial charge in [-0.25, -0.2) is 0 Å². The molecule has 3 aliphatic rings. The number of morpholine rings is 1. The SMILES string of the molecule is S=C(NCCN1CCOCC1)N/N=C1/C[C@@H]2C=CC[C@@H]12. The van der Waals surface area contributed by atoms with Crippen LogP contribution in [-0.4, -0.2) is 55.1 Å². The van der Waals surface area contributed by atoms with Gasteiger partial charge in [0, 0.05) is 37.8 Å². The lowest BCUT2D eigenvalue weighted by molar-refractivity contribution is 0.0389. The van der Waals surface area contributed by atoms with Gasteiger partial charge in [0.1, 0.15) is 0 Å². The maximum atomic E-state index is 5.32. The van der Waals surface area contributed by atoms with Crippen molar-refractivity contribution in [3.05, 3.63) is 12.2 Å². The molecule has 3 rings (SSSR count). The van der Waals surface area contributed by atoms with Crippen LogP contribution in [0.3, 0.4) is 0 Å². The van der Waals surface area contributed by atoms with Crippen LogP contribution in [0.1, 0.15) is 12.8 Å². The number of thiocarbonyl (C=S) groups is 1. The van der Waals surface area contributed by atoms with E-state index in [-0.39, 0.29) is 0 Å². The smallest absolute Gasteiger partial charge is 0.186 e. The van der Waals surface area contributed by atoms with E-state index in [1.54, 1.807) is 0 Å². The van der Waals surface area contributed by atoms with E-state index in [2.05, 4.69) is 32.9 Å². The molecule has 0 bridgehead atoms. The summed E-state index contributed by atoms with van der Waals surface area (Å²) in [5.74, 6) is 1.37. The first kappa shape index (κ1) is 14.0. The molecule has 6 heteroatoms. The first-order valence-corrected chi connectivity index (χ1v) is 7.81. The molecule has 2 N–H and O–H groups in total. The van der Waals surface area contributed by atoms with Gasteiger partial charge in [0.25, 0.3) is 0 Å². The summed E-state index contributed by atoms with van der Waals surface area (Å²) in [5.41, 5.74) is 4.23. The third-order valence-electron chi connectivity index (χ3n) is 4.28. The molecule has 0 aromatic carbocycles. The fourth-order valence-corrected chi connectivity index (χ4v) is 3.13. The van der Waals surface area contributed by atoms with E-state index in [0.29, 0.717) is 11.0 Å². The second kappa shape index (κ2) is 6.65. The Hall–Kier alpha value is -0.980. The van der Waals surface area contributed by atoms with Crippen LogP contribution < -0.4 is 10.7 Å². The van der Waals surface area contributed by atoms with Crippen molar-refractivity contribution in [3.63, 3.8) is 0 Å². The molecule has 5 nitrogen and oxygen atoms in total. The van der Waals surface area contributed by atoms with E-state index in [4.69, 9.17) is 17.0 Å². The summed E-state index contributed by atoms with van der Waals surface area (Å²) >= 11 is 5.24. The summed E-state index contributed by atoms with van der Waals surface area (Å²) in [7, 11) is 0. The van der Waals surface area contributed by atoms with E-state index in [0.717, 1.165) is 58.2 Å². The first-order valence-electron chi connectivity index (χ1n) is 7.40. The van der Waals surface area contributed by atoms with Crippen LogP contribution in [0.2, 0.25) is 0 Å². The molecule has 1 saturated carbocycles. The second-order valence-corrected chi connectivity index (χ2v) is 5.97. The molecule has 1 saturated heterocycles. The van der Waals surface area contributed by atoms with Gasteiger partial charge in [-0.3, -0.25) is 10.3 Å². The van der Waals surface area contributed by atoms with Gasteiger partial charge in [-0.1, -0.05) is 12.2 Å². The van der Waals surface area contributed by atoms with Crippen LogP contribution >= 0.6 is 12.2 Å². The number of nitrogens with zero attached hydrogens (tertiary/aromatic N) is 2. The molecule has 0 unspecified atom stereocenters. The van der Waals surface area contributed by atoms with Crippen molar-refractivity contribution >= 4 is 23.0 Å². The highest BCUT2D eigenvalue weighted by atomic mass is 32.1. The third-order valence-corrected chi connectivity index (χ3v) is 4.52.